The van der Waals surface area contributed by atoms with E-state index in [-0.39, 0.29) is 10.4 Å². The van der Waals surface area contributed by atoms with Crippen LogP contribution in [0.4, 0.5) is 0 Å². The van der Waals surface area contributed by atoms with Crippen molar-refractivity contribution < 1.29 is 16.8 Å². The Hall–Kier alpha value is -1.59. The second kappa shape index (κ2) is 4.51. The third-order valence-corrected chi connectivity index (χ3v) is 5.11. The molecule has 0 saturated carbocycles. The highest BCUT2D eigenvalue weighted by Gasteiger charge is 2.23. The minimum Gasteiger partial charge on any atom is -0.250 e. The van der Waals surface area contributed by atoms with Crippen molar-refractivity contribution in [3.8, 4) is 0 Å². The quantitative estimate of drug-likeness (QED) is 0.673. The lowest BCUT2D eigenvalue weighted by Gasteiger charge is -2.03. The van der Waals surface area contributed by atoms with E-state index < -0.39 is 31.4 Å². The Balaban J connectivity index is 2.49. The average Bonchev–Trinajstić information content (AvgIpc) is 2.68. The van der Waals surface area contributed by atoms with Gasteiger partial charge in [-0.25, -0.2) is 31.9 Å². The van der Waals surface area contributed by atoms with Gasteiger partial charge in [-0.3, -0.25) is 4.68 Å². The fraction of sp³-hybridized carbons (Fsp3) is 0.375. The third-order valence-electron chi connectivity index (χ3n) is 2.42. The van der Waals surface area contributed by atoms with Crippen molar-refractivity contribution in [1.82, 2.24) is 19.7 Å². The van der Waals surface area contributed by atoms with E-state index in [1.54, 1.807) is 7.05 Å². The van der Waals surface area contributed by atoms with Gasteiger partial charge in [0.15, 0.2) is 20.5 Å². The smallest absolute Gasteiger partial charge is 0.210 e. The van der Waals surface area contributed by atoms with Gasteiger partial charge in [-0.15, -0.1) is 0 Å². The molecule has 0 aromatic carbocycles. The molecule has 2 N–H and O–H groups in total. The monoisotopic (exact) mass is 305 g/mol. The second-order valence-electron chi connectivity index (χ2n) is 3.87. The zero-order valence-corrected chi connectivity index (χ0v) is 11.5. The van der Waals surface area contributed by atoms with Crippen LogP contribution in [0.2, 0.25) is 0 Å². The maximum absolute atomic E-state index is 12.1. The van der Waals surface area contributed by atoms with E-state index in [1.165, 1.54) is 10.9 Å². The van der Waals surface area contributed by atoms with E-state index in [1.807, 2.05) is 0 Å². The molecule has 11 heteroatoms. The summed E-state index contributed by atoms with van der Waals surface area (Å²) in [6.45, 7) is 0. The number of nitrogens with two attached hydrogens (primary N) is 1. The summed E-state index contributed by atoms with van der Waals surface area (Å²) in [6, 6.07) is 0. The molecule has 2 heterocycles. The molecule has 2 aromatic rings. The van der Waals surface area contributed by atoms with Gasteiger partial charge in [-0.05, 0) is 0 Å². The first-order valence-electron chi connectivity index (χ1n) is 5.07. The van der Waals surface area contributed by atoms with Gasteiger partial charge in [-0.2, -0.15) is 5.10 Å². The van der Waals surface area contributed by atoms with Crippen molar-refractivity contribution in [2.75, 3.05) is 11.5 Å². The highest BCUT2D eigenvalue weighted by atomic mass is 32.2. The summed E-state index contributed by atoms with van der Waals surface area (Å²) in [5, 5.41) is 8.69. The van der Waals surface area contributed by atoms with Crippen LogP contribution >= 0.6 is 0 Å². The number of sulfone groups is 1. The Bertz CT molecular complexity index is 824. The fourth-order valence-corrected chi connectivity index (χ4v) is 4.20. The van der Waals surface area contributed by atoms with Gasteiger partial charge in [0.2, 0.25) is 10.0 Å². The molecule has 0 radical (unpaired) electrons. The van der Waals surface area contributed by atoms with Crippen molar-refractivity contribution >= 4 is 30.9 Å². The molecular weight excluding hydrogens is 294 g/mol. The molecule has 0 aliphatic rings. The number of sulfonamides is 1. The molecule has 0 atom stereocenters. The van der Waals surface area contributed by atoms with Crippen LogP contribution in [0.15, 0.2) is 17.6 Å². The van der Waals surface area contributed by atoms with E-state index in [4.69, 9.17) is 5.14 Å². The standard InChI is InChI=1S/C8H11N5O4S2/c1-13-7-6(4-12-13)8(11-5-10-7)18(14,15)2-3-19(9,16)17/h4-5H,2-3H2,1H3,(H2,9,16,17). The molecule has 0 aliphatic carbocycles. The van der Waals surface area contributed by atoms with E-state index in [9.17, 15) is 16.8 Å². The number of hydrogen-bond acceptors (Lipinski definition) is 7. The molecule has 2 aromatic heterocycles. The summed E-state index contributed by atoms with van der Waals surface area (Å²) in [7, 11) is -6.12. The molecular formula is C8H11N5O4S2. The predicted octanol–water partition coefficient (Wildman–Crippen LogP) is -1.57. The molecule has 0 spiro atoms. The molecule has 0 aliphatic heterocycles. The summed E-state index contributed by atoms with van der Waals surface area (Å²) in [5.41, 5.74) is 0.351. The van der Waals surface area contributed by atoms with Crippen LogP contribution in [-0.2, 0) is 26.9 Å². The summed E-state index contributed by atoms with van der Waals surface area (Å²) in [4.78, 5) is 7.61. The number of rotatable bonds is 4. The first-order valence-corrected chi connectivity index (χ1v) is 8.43. The van der Waals surface area contributed by atoms with Gasteiger partial charge in [0.05, 0.1) is 23.1 Å². The van der Waals surface area contributed by atoms with Gasteiger partial charge >= 0.3 is 0 Å². The maximum atomic E-state index is 12.1. The summed E-state index contributed by atoms with van der Waals surface area (Å²) >= 11 is 0. The first kappa shape index (κ1) is 13.8. The fourth-order valence-electron chi connectivity index (χ4n) is 1.51. The lowest BCUT2D eigenvalue weighted by atomic mass is 10.4. The van der Waals surface area contributed by atoms with Crippen LogP contribution in [0.25, 0.3) is 11.0 Å². The van der Waals surface area contributed by atoms with Gasteiger partial charge in [-0.1, -0.05) is 0 Å². The van der Waals surface area contributed by atoms with Crippen LogP contribution < -0.4 is 5.14 Å². The Morgan fingerprint density at radius 1 is 1.21 bits per heavy atom. The molecule has 0 unspecified atom stereocenters. The van der Waals surface area contributed by atoms with Crippen molar-refractivity contribution in [1.29, 1.82) is 0 Å². The minimum atomic E-state index is -3.87. The Labute approximate surface area is 109 Å². The van der Waals surface area contributed by atoms with Gasteiger partial charge in [0.25, 0.3) is 0 Å². The Morgan fingerprint density at radius 3 is 2.53 bits per heavy atom. The van der Waals surface area contributed by atoms with Crippen LogP contribution in [0, 0.1) is 0 Å². The topological polar surface area (TPSA) is 138 Å². The first-order chi connectivity index (χ1) is 8.71. The zero-order valence-electron chi connectivity index (χ0n) is 9.88. The van der Waals surface area contributed by atoms with Crippen molar-refractivity contribution in [2.24, 2.45) is 12.2 Å². The number of primary sulfonamides is 1. The number of aryl methyl sites for hydroxylation is 1. The molecule has 104 valence electrons. The van der Waals surface area contributed by atoms with Crippen molar-refractivity contribution in [3.63, 3.8) is 0 Å². The van der Waals surface area contributed by atoms with Gasteiger partial charge in [0, 0.05) is 7.05 Å². The largest absolute Gasteiger partial charge is 0.250 e. The molecule has 19 heavy (non-hydrogen) atoms. The second-order valence-corrected chi connectivity index (χ2v) is 7.63. The Kier molecular flexibility index (Phi) is 3.28. The van der Waals surface area contributed by atoms with Crippen LogP contribution in [-0.4, -0.2) is 48.1 Å². The van der Waals surface area contributed by atoms with E-state index in [0.717, 1.165) is 6.33 Å². The number of hydrogen-bond donors (Lipinski definition) is 1. The number of nitrogens with zero attached hydrogens (tertiary/aromatic N) is 4. The molecule has 9 nitrogen and oxygen atoms in total. The summed E-state index contributed by atoms with van der Waals surface area (Å²) < 4.78 is 47.2. The van der Waals surface area contributed by atoms with E-state index >= 15 is 0 Å². The number of aromatic nitrogens is 4. The van der Waals surface area contributed by atoms with Crippen LogP contribution in [0.3, 0.4) is 0 Å². The van der Waals surface area contributed by atoms with Crippen molar-refractivity contribution in [3.05, 3.63) is 12.5 Å². The highest BCUT2D eigenvalue weighted by Crippen LogP contribution is 2.19. The van der Waals surface area contributed by atoms with E-state index in [0.29, 0.717) is 5.65 Å². The van der Waals surface area contributed by atoms with Crippen LogP contribution in [0.1, 0.15) is 0 Å². The predicted molar refractivity (Wildman–Crippen MR) is 66.3 cm³/mol. The SMILES string of the molecule is Cn1ncc2c(S(=O)(=O)CCS(N)(=O)=O)ncnc21. The third kappa shape index (κ3) is 2.88. The Morgan fingerprint density at radius 2 is 1.89 bits per heavy atom. The van der Waals surface area contributed by atoms with Gasteiger partial charge in [0.1, 0.15) is 6.33 Å². The molecule has 0 amide bonds. The van der Waals surface area contributed by atoms with Crippen LogP contribution in [0.5, 0.6) is 0 Å². The highest BCUT2D eigenvalue weighted by molar-refractivity contribution is 7.94. The zero-order chi connectivity index (χ0) is 14.3. The lowest BCUT2D eigenvalue weighted by molar-refractivity contribution is 0.587. The van der Waals surface area contributed by atoms with E-state index in [2.05, 4.69) is 15.1 Å². The molecule has 0 saturated heterocycles. The lowest BCUT2D eigenvalue weighted by Crippen LogP contribution is -2.23. The van der Waals surface area contributed by atoms with Gasteiger partial charge < -0.3 is 0 Å². The molecule has 2 rings (SSSR count). The number of fused-ring (bicyclic) bond motifs is 1. The normalized spacial score (nSPS) is 12.9. The molecule has 0 bridgehead atoms. The average molecular weight is 305 g/mol. The van der Waals surface area contributed by atoms with Crippen molar-refractivity contribution in [2.45, 2.75) is 5.03 Å². The summed E-state index contributed by atoms with van der Waals surface area (Å²) in [6.07, 6.45) is 2.41. The molecule has 0 fully saturated rings. The maximum Gasteiger partial charge on any atom is 0.210 e. The minimum absolute atomic E-state index is 0.241. The summed E-state index contributed by atoms with van der Waals surface area (Å²) in [5.74, 6) is -1.30.